The van der Waals surface area contributed by atoms with Crippen molar-refractivity contribution in [1.29, 1.82) is 5.41 Å². The molecular formula is C56H36N2. The number of allylic oxidation sites excluding steroid dienone is 4. The van der Waals surface area contributed by atoms with Crippen molar-refractivity contribution in [1.82, 2.24) is 4.98 Å². The standard InChI is InChI=1S/C56H36N2/c57-55-42(31-32-43-18-11-35-58-56(43)55)17-9-12-36-23-25-37(26-24-36)38-27-29-39(30-28-38)44-33-34-49-52-45(44)21-10-22-48(52)53-50(40-13-3-1-4-14-40)46-19-7-8-20-47(46)51(54(49)53)41-15-5-2-6-16-41/h1-35,57H/b12-9+,42-17-,57-55?. The first kappa shape index (κ1) is 33.6. The first-order chi connectivity index (χ1) is 28.7. The number of nitrogens with one attached hydrogen (secondary N) is 1. The first-order valence-electron chi connectivity index (χ1n) is 19.8. The van der Waals surface area contributed by atoms with Gasteiger partial charge in [-0.25, -0.2) is 0 Å². The molecule has 2 heteroatoms. The minimum Gasteiger partial charge on any atom is -0.298 e. The Hall–Kier alpha value is -7.68. The van der Waals surface area contributed by atoms with Crippen LogP contribution in [0.15, 0.2) is 206 Å². The monoisotopic (exact) mass is 736 g/mol. The normalized spacial score (nSPS) is 13.4. The zero-order chi connectivity index (χ0) is 38.6. The molecule has 8 aromatic carbocycles. The minimum absolute atomic E-state index is 0.451. The predicted octanol–water partition coefficient (Wildman–Crippen LogP) is 14.7. The van der Waals surface area contributed by atoms with Crippen molar-refractivity contribution in [3.05, 3.63) is 223 Å². The van der Waals surface area contributed by atoms with Crippen LogP contribution in [-0.4, -0.2) is 10.7 Å². The summed E-state index contributed by atoms with van der Waals surface area (Å²) < 4.78 is 0. The molecule has 0 saturated heterocycles. The van der Waals surface area contributed by atoms with E-state index in [2.05, 4.69) is 175 Å². The molecule has 2 aliphatic carbocycles. The van der Waals surface area contributed by atoms with Crippen molar-refractivity contribution >= 4 is 39.4 Å². The first-order valence-corrected chi connectivity index (χ1v) is 19.8. The molecule has 0 atom stereocenters. The van der Waals surface area contributed by atoms with E-state index in [9.17, 15) is 0 Å². The van der Waals surface area contributed by atoms with E-state index in [1.807, 2.05) is 36.4 Å². The van der Waals surface area contributed by atoms with Gasteiger partial charge in [-0.15, -0.1) is 0 Å². The van der Waals surface area contributed by atoms with E-state index in [1.165, 1.54) is 88.3 Å². The van der Waals surface area contributed by atoms with Gasteiger partial charge in [-0.1, -0.05) is 200 Å². The molecule has 0 unspecified atom stereocenters. The Morgan fingerprint density at radius 2 is 0.983 bits per heavy atom. The van der Waals surface area contributed by atoms with E-state index in [-0.39, 0.29) is 0 Å². The maximum absolute atomic E-state index is 8.58. The van der Waals surface area contributed by atoms with Crippen LogP contribution in [0.2, 0.25) is 0 Å². The molecule has 1 aromatic heterocycles. The van der Waals surface area contributed by atoms with Crippen LogP contribution in [0.1, 0.15) is 16.8 Å². The number of fused-ring (bicyclic) bond motifs is 5. The fraction of sp³-hybridized carbons (Fsp3) is 0. The zero-order valence-corrected chi connectivity index (χ0v) is 31.7. The molecule has 1 heterocycles. The van der Waals surface area contributed by atoms with E-state index in [1.54, 1.807) is 6.20 Å². The van der Waals surface area contributed by atoms with Crippen LogP contribution in [0.25, 0.3) is 100 Å². The molecule has 0 spiro atoms. The summed E-state index contributed by atoms with van der Waals surface area (Å²) in [6.07, 6.45) is 11.8. The summed E-state index contributed by atoms with van der Waals surface area (Å²) >= 11 is 0. The maximum atomic E-state index is 8.58. The third-order valence-corrected chi connectivity index (χ3v) is 11.7. The second-order valence-corrected chi connectivity index (χ2v) is 15.0. The highest BCUT2D eigenvalue weighted by atomic mass is 14.7. The minimum atomic E-state index is 0.451. The lowest BCUT2D eigenvalue weighted by Gasteiger charge is -2.20. The summed E-state index contributed by atoms with van der Waals surface area (Å²) in [4.78, 5) is 4.40. The van der Waals surface area contributed by atoms with Crippen molar-refractivity contribution in [2.75, 3.05) is 0 Å². The third-order valence-electron chi connectivity index (χ3n) is 11.7. The molecule has 270 valence electrons. The van der Waals surface area contributed by atoms with Gasteiger partial charge in [-0.3, -0.25) is 10.4 Å². The number of rotatable bonds is 6. The number of hydrogen-bond acceptors (Lipinski definition) is 2. The lowest BCUT2D eigenvalue weighted by molar-refractivity contribution is 1.25. The molecule has 0 amide bonds. The number of hydrogen-bond donors (Lipinski definition) is 1. The fourth-order valence-corrected chi connectivity index (χ4v) is 9.05. The van der Waals surface area contributed by atoms with Crippen LogP contribution in [0.3, 0.4) is 0 Å². The summed E-state index contributed by atoms with van der Waals surface area (Å²) in [5.74, 6) is 0. The molecule has 0 aliphatic heterocycles. The third kappa shape index (κ3) is 5.50. The Balaban J connectivity index is 0.954. The van der Waals surface area contributed by atoms with Crippen LogP contribution < -0.4 is 0 Å². The lowest BCUT2D eigenvalue weighted by atomic mass is 9.82. The Bertz CT molecular complexity index is 3090. The number of nitrogens with zero attached hydrogens (tertiary/aromatic N) is 1. The van der Waals surface area contributed by atoms with Gasteiger partial charge in [-0.05, 0) is 99.9 Å². The molecule has 0 saturated carbocycles. The van der Waals surface area contributed by atoms with E-state index >= 15 is 0 Å². The van der Waals surface area contributed by atoms with Crippen LogP contribution in [0, 0.1) is 5.41 Å². The van der Waals surface area contributed by atoms with E-state index < -0.39 is 0 Å². The van der Waals surface area contributed by atoms with Gasteiger partial charge in [0.05, 0.1) is 11.4 Å². The highest BCUT2D eigenvalue weighted by Gasteiger charge is 2.31. The molecular weight excluding hydrogens is 701 g/mol. The smallest absolute Gasteiger partial charge is 0.0957 e. The highest BCUT2D eigenvalue weighted by molar-refractivity contribution is 6.28. The van der Waals surface area contributed by atoms with Crippen LogP contribution >= 0.6 is 0 Å². The second-order valence-electron chi connectivity index (χ2n) is 15.0. The van der Waals surface area contributed by atoms with Crippen molar-refractivity contribution < 1.29 is 0 Å². The molecule has 0 fully saturated rings. The Morgan fingerprint density at radius 3 is 1.66 bits per heavy atom. The molecule has 9 aromatic rings. The molecule has 0 bridgehead atoms. The highest BCUT2D eigenvalue weighted by Crippen LogP contribution is 2.58. The van der Waals surface area contributed by atoms with Gasteiger partial charge in [-0.2, -0.15) is 0 Å². The molecule has 2 aliphatic rings. The van der Waals surface area contributed by atoms with Gasteiger partial charge < -0.3 is 0 Å². The Kier molecular flexibility index (Phi) is 8.01. The molecule has 58 heavy (non-hydrogen) atoms. The van der Waals surface area contributed by atoms with Crippen molar-refractivity contribution in [2.45, 2.75) is 0 Å². The Labute approximate surface area is 338 Å². The lowest BCUT2D eigenvalue weighted by Crippen LogP contribution is -2.09. The molecule has 11 rings (SSSR count). The summed E-state index contributed by atoms with van der Waals surface area (Å²) in [5.41, 5.74) is 19.2. The van der Waals surface area contributed by atoms with Crippen LogP contribution in [-0.2, 0) is 0 Å². The van der Waals surface area contributed by atoms with Crippen molar-refractivity contribution in [2.24, 2.45) is 0 Å². The zero-order valence-electron chi connectivity index (χ0n) is 31.7. The van der Waals surface area contributed by atoms with Gasteiger partial charge in [0.2, 0.25) is 0 Å². The van der Waals surface area contributed by atoms with Crippen molar-refractivity contribution in [3.63, 3.8) is 0 Å². The van der Waals surface area contributed by atoms with Crippen LogP contribution in [0.5, 0.6) is 0 Å². The number of benzene rings is 8. The van der Waals surface area contributed by atoms with Gasteiger partial charge >= 0.3 is 0 Å². The van der Waals surface area contributed by atoms with E-state index in [0.717, 1.165) is 22.4 Å². The Morgan fingerprint density at radius 1 is 0.414 bits per heavy atom. The SMILES string of the molecule is N=C1/C(=C\C=C\c2ccc(-c3ccc(-c4ccc5c6c(cccc46)-c4c-5c(-c5ccccc5)c5ccccc5c4-c4ccccc4)cc3)cc2)C=Cc2cccnc21. The molecule has 1 N–H and O–H groups in total. The largest absolute Gasteiger partial charge is 0.298 e. The average Bonchev–Trinajstić information content (AvgIpc) is 3.62. The van der Waals surface area contributed by atoms with Crippen LogP contribution in [0.4, 0.5) is 0 Å². The second kappa shape index (κ2) is 13.8. The van der Waals surface area contributed by atoms with Gasteiger partial charge in [0.1, 0.15) is 0 Å². The summed E-state index contributed by atoms with van der Waals surface area (Å²) in [6.45, 7) is 0. The van der Waals surface area contributed by atoms with E-state index in [0.29, 0.717) is 5.71 Å². The summed E-state index contributed by atoms with van der Waals surface area (Å²) in [5, 5.41) is 13.7. The fourth-order valence-electron chi connectivity index (χ4n) is 9.05. The van der Waals surface area contributed by atoms with Gasteiger partial charge in [0.25, 0.3) is 0 Å². The summed E-state index contributed by atoms with van der Waals surface area (Å²) in [7, 11) is 0. The molecule has 2 nitrogen and oxygen atoms in total. The van der Waals surface area contributed by atoms with E-state index in [4.69, 9.17) is 5.41 Å². The predicted molar refractivity (Wildman–Crippen MR) is 245 cm³/mol. The summed E-state index contributed by atoms with van der Waals surface area (Å²) in [6, 6.07) is 63.9. The van der Waals surface area contributed by atoms with Crippen molar-refractivity contribution in [3.8, 4) is 66.8 Å². The average molecular weight is 737 g/mol. The quantitative estimate of drug-likeness (QED) is 0.181. The molecule has 0 radical (unpaired) electrons. The van der Waals surface area contributed by atoms with Gasteiger partial charge in [0, 0.05) is 17.3 Å². The number of aromatic nitrogens is 1. The van der Waals surface area contributed by atoms with Gasteiger partial charge in [0.15, 0.2) is 0 Å². The topological polar surface area (TPSA) is 36.7 Å². The number of pyridine rings is 1. The maximum Gasteiger partial charge on any atom is 0.0957 e.